The van der Waals surface area contributed by atoms with E-state index < -0.39 is 11.8 Å². The Morgan fingerprint density at radius 3 is 2.46 bits per heavy atom. The summed E-state index contributed by atoms with van der Waals surface area (Å²) in [6.07, 6.45) is 0.603. The standard InChI is InChI=1S/C17H18ClN3O3/c1-24-13-5-2-11(3-6-13)8-9-20-16(22)17(23)21-15-7-4-12(19)10-14(15)18/h2-7,10H,8-9,19H2,1H3,(H,20,22)(H,21,23). The van der Waals surface area contributed by atoms with Gasteiger partial charge in [0.1, 0.15) is 5.75 Å². The van der Waals surface area contributed by atoms with Crippen molar-refractivity contribution in [3.05, 3.63) is 53.1 Å². The molecule has 6 nitrogen and oxygen atoms in total. The summed E-state index contributed by atoms with van der Waals surface area (Å²) < 4.78 is 5.08. The number of rotatable bonds is 5. The van der Waals surface area contributed by atoms with Crippen molar-refractivity contribution in [2.45, 2.75) is 6.42 Å². The van der Waals surface area contributed by atoms with Gasteiger partial charge in [-0.15, -0.1) is 0 Å². The van der Waals surface area contributed by atoms with Gasteiger partial charge in [-0.3, -0.25) is 9.59 Å². The lowest BCUT2D eigenvalue weighted by Gasteiger charge is -2.08. The summed E-state index contributed by atoms with van der Waals surface area (Å²) in [5.41, 5.74) is 7.41. The Balaban J connectivity index is 1.81. The number of nitrogens with two attached hydrogens (primary N) is 1. The summed E-state index contributed by atoms with van der Waals surface area (Å²) in [5.74, 6) is -0.740. The van der Waals surface area contributed by atoms with Crippen LogP contribution < -0.4 is 21.1 Å². The van der Waals surface area contributed by atoms with Gasteiger partial charge in [0.15, 0.2) is 0 Å². The van der Waals surface area contributed by atoms with Crippen molar-refractivity contribution in [1.82, 2.24) is 5.32 Å². The topological polar surface area (TPSA) is 93.4 Å². The molecule has 0 atom stereocenters. The largest absolute Gasteiger partial charge is 0.497 e. The maximum atomic E-state index is 11.8. The van der Waals surface area contributed by atoms with Crippen molar-refractivity contribution in [2.24, 2.45) is 0 Å². The first-order chi connectivity index (χ1) is 11.5. The second-order valence-corrected chi connectivity index (χ2v) is 5.45. The van der Waals surface area contributed by atoms with E-state index in [1.54, 1.807) is 19.2 Å². The normalized spacial score (nSPS) is 10.1. The Hall–Kier alpha value is -2.73. The van der Waals surface area contributed by atoms with Gasteiger partial charge < -0.3 is 21.1 Å². The van der Waals surface area contributed by atoms with Gasteiger partial charge in [-0.1, -0.05) is 23.7 Å². The molecule has 2 rings (SSSR count). The molecule has 0 aliphatic rings. The molecule has 0 fully saturated rings. The highest BCUT2D eigenvalue weighted by Gasteiger charge is 2.14. The molecule has 0 bridgehead atoms. The molecule has 0 saturated carbocycles. The highest BCUT2D eigenvalue weighted by Crippen LogP contribution is 2.23. The third-order valence-corrected chi connectivity index (χ3v) is 3.62. The number of hydrogen-bond donors (Lipinski definition) is 3. The van der Waals surface area contributed by atoms with E-state index in [0.29, 0.717) is 24.3 Å². The second-order valence-electron chi connectivity index (χ2n) is 5.05. The van der Waals surface area contributed by atoms with Gasteiger partial charge in [-0.05, 0) is 42.3 Å². The molecular formula is C17H18ClN3O3. The molecular weight excluding hydrogens is 330 g/mol. The van der Waals surface area contributed by atoms with Crippen molar-refractivity contribution in [1.29, 1.82) is 0 Å². The fourth-order valence-corrected chi connectivity index (χ4v) is 2.24. The van der Waals surface area contributed by atoms with E-state index in [0.717, 1.165) is 11.3 Å². The number of carbonyl (C=O) groups is 2. The summed E-state index contributed by atoms with van der Waals surface area (Å²) in [5, 5.41) is 5.28. The minimum absolute atomic E-state index is 0.273. The molecule has 0 aliphatic heterocycles. The van der Waals surface area contributed by atoms with Crippen molar-refractivity contribution >= 4 is 34.8 Å². The van der Waals surface area contributed by atoms with Crippen LogP contribution in [0.2, 0.25) is 5.02 Å². The highest BCUT2D eigenvalue weighted by molar-refractivity contribution is 6.41. The Labute approximate surface area is 144 Å². The maximum Gasteiger partial charge on any atom is 0.313 e. The third-order valence-electron chi connectivity index (χ3n) is 3.31. The van der Waals surface area contributed by atoms with Crippen LogP contribution in [-0.4, -0.2) is 25.5 Å². The molecule has 0 radical (unpaired) electrons. The molecule has 2 aromatic carbocycles. The Bertz CT molecular complexity index is 732. The molecule has 24 heavy (non-hydrogen) atoms. The van der Waals surface area contributed by atoms with E-state index in [2.05, 4.69) is 10.6 Å². The van der Waals surface area contributed by atoms with Gasteiger partial charge in [0.2, 0.25) is 0 Å². The summed E-state index contributed by atoms with van der Waals surface area (Å²) in [4.78, 5) is 23.7. The van der Waals surface area contributed by atoms with Gasteiger partial charge in [-0.2, -0.15) is 0 Å². The monoisotopic (exact) mass is 347 g/mol. The van der Waals surface area contributed by atoms with Crippen LogP contribution in [0.1, 0.15) is 5.56 Å². The van der Waals surface area contributed by atoms with Crippen LogP contribution in [0.5, 0.6) is 5.75 Å². The van der Waals surface area contributed by atoms with E-state index in [1.807, 2.05) is 24.3 Å². The maximum absolute atomic E-state index is 11.8. The zero-order valence-corrected chi connectivity index (χ0v) is 13.9. The molecule has 0 spiro atoms. The van der Waals surface area contributed by atoms with Crippen molar-refractivity contribution in [3.8, 4) is 5.75 Å². The molecule has 0 unspecified atom stereocenters. The van der Waals surface area contributed by atoms with Gasteiger partial charge in [0.05, 0.1) is 17.8 Å². The minimum Gasteiger partial charge on any atom is -0.497 e. The summed E-state index contributed by atoms with van der Waals surface area (Å²) in [6.45, 7) is 0.341. The number of hydrogen-bond acceptors (Lipinski definition) is 4. The number of methoxy groups -OCH3 is 1. The molecule has 2 amide bonds. The second kappa shape index (κ2) is 8.21. The van der Waals surface area contributed by atoms with Crippen LogP contribution in [0.15, 0.2) is 42.5 Å². The average molecular weight is 348 g/mol. The first-order valence-corrected chi connectivity index (χ1v) is 7.64. The van der Waals surface area contributed by atoms with Crippen LogP contribution in [0.4, 0.5) is 11.4 Å². The highest BCUT2D eigenvalue weighted by atomic mass is 35.5. The van der Waals surface area contributed by atoms with E-state index in [4.69, 9.17) is 22.1 Å². The fraction of sp³-hybridized carbons (Fsp3) is 0.176. The van der Waals surface area contributed by atoms with Crippen molar-refractivity contribution in [2.75, 3.05) is 24.7 Å². The van der Waals surface area contributed by atoms with Crippen molar-refractivity contribution < 1.29 is 14.3 Å². The molecule has 0 aliphatic carbocycles. The number of carbonyl (C=O) groups excluding carboxylic acids is 2. The molecule has 7 heteroatoms. The third kappa shape index (κ3) is 4.89. The quantitative estimate of drug-likeness (QED) is 0.571. The smallest absolute Gasteiger partial charge is 0.313 e. The summed E-state index contributed by atoms with van der Waals surface area (Å²) >= 11 is 5.95. The van der Waals surface area contributed by atoms with E-state index in [-0.39, 0.29) is 5.02 Å². The van der Waals surface area contributed by atoms with Crippen LogP contribution in [0.3, 0.4) is 0 Å². The van der Waals surface area contributed by atoms with Crippen molar-refractivity contribution in [3.63, 3.8) is 0 Å². The number of ether oxygens (including phenoxy) is 1. The molecule has 0 heterocycles. The molecule has 126 valence electrons. The first kappa shape index (κ1) is 17.6. The zero-order chi connectivity index (χ0) is 17.5. The van der Waals surface area contributed by atoms with Crippen LogP contribution in [0, 0.1) is 0 Å². The van der Waals surface area contributed by atoms with Crippen LogP contribution >= 0.6 is 11.6 Å². The SMILES string of the molecule is COc1ccc(CCNC(=O)C(=O)Nc2ccc(N)cc2Cl)cc1. The molecule has 0 aromatic heterocycles. The fourth-order valence-electron chi connectivity index (χ4n) is 2.00. The number of amides is 2. The van der Waals surface area contributed by atoms with Crippen LogP contribution in [-0.2, 0) is 16.0 Å². The number of benzene rings is 2. The molecule has 0 saturated heterocycles. The van der Waals surface area contributed by atoms with Crippen LogP contribution in [0.25, 0.3) is 0 Å². The number of nitrogen functional groups attached to an aromatic ring is 1. The predicted molar refractivity (Wildman–Crippen MR) is 94.2 cm³/mol. The Kier molecular flexibility index (Phi) is 6.03. The Morgan fingerprint density at radius 1 is 1.12 bits per heavy atom. The van der Waals surface area contributed by atoms with E-state index >= 15 is 0 Å². The van der Waals surface area contributed by atoms with Gasteiger partial charge in [0, 0.05) is 12.2 Å². The van der Waals surface area contributed by atoms with Gasteiger partial charge in [0.25, 0.3) is 0 Å². The lowest BCUT2D eigenvalue weighted by atomic mass is 10.1. The van der Waals surface area contributed by atoms with E-state index in [9.17, 15) is 9.59 Å². The number of nitrogens with one attached hydrogen (secondary N) is 2. The van der Waals surface area contributed by atoms with Gasteiger partial charge in [-0.25, -0.2) is 0 Å². The Morgan fingerprint density at radius 2 is 1.83 bits per heavy atom. The number of halogens is 1. The molecule has 4 N–H and O–H groups in total. The minimum atomic E-state index is -0.781. The average Bonchev–Trinajstić information content (AvgIpc) is 2.57. The summed E-state index contributed by atoms with van der Waals surface area (Å²) in [6, 6.07) is 12.1. The lowest BCUT2D eigenvalue weighted by Crippen LogP contribution is -2.36. The molecule has 2 aromatic rings. The van der Waals surface area contributed by atoms with E-state index in [1.165, 1.54) is 6.07 Å². The van der Waals surface area contributed by atoms with Gasteiger partial charge >= 0.3 is 11.8 Å². The zero-order valence-electron chi connectivity index (χ0n) is 13.1. The lowest BCUT2D eigenvalue weighted by molar-refractivity contribution is -0.136. The first-order valence-electron chi connectivity index (χ1n) is 7.26. The number of anilines is 2. The summed E-state index contributed by atoms with van der Waals surface area (Å²) in [7, 11) is 1.60. The predicted octanol–water partition coefficient (Wildman–Crippen LogP) is 2.23.